The van der Waals surface area contributed by atoms with Crippen molar-refractivity contribution in [1.29, 1.82) is 0 Å². The number of carbonyl (C=O) groups is 1. The second kappa shape index (κ2) is 7.42. The SMILES string of the molecule is CCN(CC)c1ncc(C(=O)Nc2c(C)cc(C)cc2Cl)cn1. The third-order valence-electron chi connectivity index (χ3n) is 3.62. The Bertz CT molecular complexity index is 673. The van der Waals surface area contributed by atoms with Crippen molar-refractivity contribution in [3.05, 3.63) is 46.2 Å². The van der Waals surface area contributed by atoms with E-state index in [1.165, 1.54) is 12.4 Å². The summed E-state index contributed by atoms with van der Waals surface area (Å²) in [6.07, 6.45) is 3.07. The van der Waals surface area contributed by atoms with Gasteiger partial charge in [0.15, 0.2) is 0 Å². The van der Waals surface area contributed by atoms with Gasteiger partial charge in [-0.15, -0.1) is 0 Å². The molecule has 1 N–H and O–H groups in total. The molecular formula is C17H21ClN4O. The first-order valence-corrected chi connectivity index (χ1v) is 7.99. The fraction of sp³-hybridized carbons (Fsp3) is 0.353. The quantitative estimate of drug-likeness (QED) is 0.903. The summed E-state index contributed by atoms with van der Waals surface area (Å²) in [6, 6.07) is 3.80. The Labute approximate surface area is 141 Å². The molecule has 122 valence electrons. The van der Waals surface area contributed by atoms with Crippen LogP contribution in [0.2, 0.25) is 5.02 Å². The number of carbonyl (C=O) groups excluding carboxylic acids is 1. The van der Waals surface area contributed by atoms with Gasteiger partial charge in [-0.2, -0.15) is 0 Å². The lowest BCUT2D eigenvalue weighted by Gasteiger charge is -2.18. The van der Waals surface area contributed by atoms with Crippen molar-refractivity contribution in [3.63, 3.8) is 0 Å². The van der Waals surface area contributed by atoms with Crippen LogP contribution in [0.25, 0.3) is 0 Å². The lowest BCUT2D eigenvalue weighted by atomic mass is 10.1. The molecule has 0 aliphatic rings. The summed E-state index contributed by atoms with van der Waals surface area (Å²) in [5.74, 6) is 0.348. The Morgan fingerprint density at radius 2 is 1.78 bits per heavy atom. The predicted octanol–water partition coefficient (Wildman–Crippen LogP) is 3.85. The first-order valence-electron chi connectivity index (χ1n) is 7.61. The number of hydrogen-bond donors (Lipinski definition) is 1. The molecule has 0 unspecified atom stereocenters. The van der Waals surface area contributed by atoms with E-state index in [1.54, 1.807) is 0 Å². The number of halogens is 1. The highest BCUT2D eigenvalue weighted by Gasteiger charge is 2.13. The van der Waals surface area contributed by atoms with Gasteiger partial charge >= 0.3 is 0 Å². The molecule has 1 amide bonds. The molecule has 1 heterocycles. The van der Waals surface area contributed by atoms with Crippen molar-refractivity contribution >= 4 is 29.1 Å². The Balaban J connectivity index is 2.19. The van der Waals surface area contributed by atoms with E-state index in [0.29, 0.717) is 22.2 Å². The van der Waals surface area contributed by atoms with Crippen molar-refractivity contribution in [2.24, 2.45) is 0 Å². The highest BCUT2D eigenvalue weighted by atomic mass is 35.5. The van der Waals surface area contributed by atoms with Gasteiger partial charge < -0.3 is 10.2 Å². The molecule has 1 aromatic carbocycles. The zero-order chi connectivity index (χ0) is 17.0. The highest BCUT2D eigenvalue weighted by molar-refractivity contribution is 6.34. The van der Waals surface area contributed by atoms with Crippen LogP contribution in [0.4, 0.5) is 11.6 Å². The number of benzene rings is 1. The standard InChI is InChI=1S/C17H21ClN4O/c1-5-22(6-2)17-19-9-13(10-20-17)16(23)21-15-12(4)7-11(3)8-14(15)18/h7-10H,5-6H2,1-4H3,(H,21,23). The van der Waals surface area contributed by atoms with Gasteiger partial charge in [-0.1, -0.05) is 17.7 Å². The van der Waals surface area contributed by atoms with Crippen LogP contribution in [0.3, 0.4) is 0 Å². The second-order valence-electron chi connectivity index (χ2n) is 5.34. The fourth-order valence-electron chi connectivity index (χ4n) is 2.37. The maximum Gasteiger partial charge on any atom is 0.258 e. The number of aromatic nitrogens is 2. The molecular weight excluding hydrogens is 312 g/mol. The smallest absolute Gasteiger partial charge is 0.258 e. The number of aryl methyl sites for hydroxylation is 2. The minimum absolute atomic E-state index is 0.273. The van der Waals surface area contributed by atoms with Crippen LogP contribution < -0.4 is 10.2 Å². The number of nitrogens with zero attached hydrogens (tertiary/aromatic N) is 3. The van der Waals surface area contributed by atoms with Crippen molar-refractivity contribution in [3.8, 4) is 0 Å². The van der Waals surface area contributed by atoms with Crippen LogP contribution in [0.1, 0.15) is 35.3 Å². The third-order valence-corrected chi connectivity index (χ3v) is 3.92. The fourth-order valence-corrected chi connectivity index (χ4v) is 2.74. The molecule has 0 bridgehead atoms. The van der Waals surface area contributed by atoms with Gasteiger partial charge in [0.05, 0.1) is 16.3 Å². The van der Waals surface area contributed by atoms with E-state index in [1.807, 2.05) is 44.7 Å². The van der Waals surface area contributed by atoms with Gasteiger partial charge in [-0.3, -0.25) is 4.79 Å². The molecule has 0 aliphatic heterocycles. The van der Waals surface area contributed by atoms with Crippen molar-refractivity contribution in [1.82, 2.24) is 9.97 Å². The highest BCUT2D eigenvalue weighted by Crippen LogP contribution is 2.27. The Morgan fingerprint density at radius 1 is 1.17 bits per heavy atom. The maximum absolute atomic E-state index is 12.4. The van der Waals surface area contributed by atoms with E-state index >= 15 is 0 Å². The van der Waals surface area contributed by atoms with Crippen LogP contribution in [0.5, 0.6) is 0 Å². The van der Waals surface area contributed by atoms with E-state index < -0.39 is 0 Å². The van der Waals surface area contributed by atoms with E-state index in [9.17, 15) is 4.79 Å². The summed E-state index contributed by atoms with van der Waals surface area (Å²) < 4.78 is 0. The number of nitrogens with one attached hydrogen (secondary N) is 1. The number of rotatable bonds is 5. The van der Waals surface area contributed by atoms with Crippen LogP contribution >= 0.6 is 11.6 Å². The van der Waals surface area contributed by atoms with Crippen LogP contribution in [-0.2, 0) is 0 Å². The van der Waals surface area contributed by atoms with Crippen molar-refractivity contribution in [2.45, 2.75) is 27.7 Å². The molecule has 2 rings (SSSR count). The van der Waals surface area contributed by atoms with Gasteiger partial charge in [0.2, 0.25) is 5.95 Å². The van der Waals surface area contributed by atoms with E-state index in [4.69, 9.17) is 11.6 Å². The molecule has 0 atom stereocenters. The molecule has 23 heavy (non-hydrogen) atoms. The number of amides is 1. The Kier molecular flexibility index (Phi) is 5.55. The summed E-state index contributed by atoms with van der Waals surface area (Å²) in [5.41, 5.74) is 2.99. The van der Waals surface area contributed by atoms with Crippen LogP contribution in [0.15, 0.2) is 24.5 Å². The lowest BCUT2D eigenvalue weighted by molar-refractivity contribution is 0.102. The molecule has 2 aromatic rings. The molecule has 0 aliphatic carbocycles. The van der Waals surface area contributed by atoms with Gasteiger partial charge in [0.1, 0.15) is 0 Å². The molecule has 5 nitrogen and oxygen atoms in total. The topological polar surface area (TPSA) is 58.1 Å². The second-order valence-corrected chi connectivity index (χ2v) is 5.74. The lowest BCUT2D eigenvalue weighted by Crippen LogP contribution is -2.24. The first-order chi connectivity index (χ1) is 11.0. The molecule has 0 saturated carbocycles. The first kappa shape index (κ1) is 17.2. The summed E-state index contributed by atoms with van der Waals surface area (Å²) in [5, 5.41) is 3.36. The predicted molar refractivity (Wildman–Crippen MR) is 94.5 cm³/mol. The molecule has 0 spiro atoms. The van der Waals surface area contributed by atoms with E-state index in [-0.39, 0.29) is 5.91 Å². The van der Waals surface area contributed by atoms with Crippen molar-refractivity contribution in [2.75, 3.05) is 23.3 Å². The number of anilines is 2. The van der Waals surface area contributed by atoms with Gasteiger partial charge in [0.25, 0.3) is 5.91 Å². The molecule has 6 heteroatoms. The average Bonchev–Trinajstić information content (AvgIpc) is 2.52. The van der Waals surface area contributed by atoms with Gasteiger partial charge in [0, 0.05) is 25.5 Å². The molecule has 0 radical (unpaired) electrons. The summed E-state index contributed by atoms with van der Waals surface area (Å²) in [7, 11) is 0. The normalized spacial score (nSPS) is 10.5. The maximum atomic E-state index is 12.4. The van der Waals surface area contributed by atoms with Crippen LogP contribution in [-0.4, -0.2) is 29.0 Å². The average molecular weight is 333 g/mol. The van der Waals surface area contributed by atoms with Gasteiger partial charge in [-0.05, 0) is 44.9 Å². The molecule has 0 fully saturated rings. The zero-order valence-electron chi connectivity index (χ0n) is 13.9. The van der Waals surface area contributed by atoms with Crippen molar-refractivity contribution < 1.29 is 4.79 Å². The summed E-state index contributed by atoms with van der Waals surface area (Å²) in [4.78, 5) is 22.9. The van der Waals surface area contributed by atoms with Gasteiger partial charge in [-0.25, -0.2) is 9.97 Å². The molecule has 0 saturated heterocycles. The minimum atomic E-state index is -0.273. The summed E-state index contributed by atoms with van der Waals surface area (Å²) in [6.45, 7) is 9.59. The Morgan fingerprint density at radius 3 is 2.30 bits per heavy atom. The summed E-state index contributed by atoms with van der Waals surface area (Å²) >= 11 is 6.22. The Hall–Kier alpha value is -2.14. The van der Waals surface area contributed by atoms with E-state index in [0.717, 1.165) is 24.2 Å². The van der Waals surface area contributed by atoms with Crippen LogP contribution in [0, 0.1) is 13.8 Å². The molecule has 1 aromatic heterocycles. The minimum Gasteiger partial charge on any atom is -0.341 e. The van der Waals surface area contributed by atoms with E-state index in [2.05, 4.69) is 15.3 Å². The largest absolute Gasteiger partial charge is 0.341 e. The monoisotopic (exact) mass is 332 g/mol. The third kappa shape index (κ3) is 3.99. The zero-order valence-corrected chi connectivity index (χ0v) is 14.6. The number of hydrogen-bond acceptors (Lipinski definition) is 4.